The maximum Gasteiger partial charge on any atom is 0.252 e. The van der Waals surface area contributed by atoms with E-state index < -0.39 is 6.04 Å². The maximum atomic E-state index is 12.7. The summed E-state index contributed by atoms with van der Waals surface area (Å²) >= 11 is 6.09. The predicted molar refractivity (Wildman–Crippen MR) is 104 cm³/mol. The normalized spacial score (nSPS) is 11.8. The van der Waals surface area contributed by atoms with Crippen LogP contribution in [0.15, 0.2) is 42.5 Å². The van der Waals surface area contributed by atoms with E-state index in [-0.39, 0.29) is 17.7 Å². The predicted octanol–water partition coefficient (Wildman–Crippen LogP) is 4.05. The zero-order valence-corrected chi connectivity index (χ0v) is 16.1. The van der Waals surface area contributed by atoms with Crippen molar-refractivity contribution in [3.8, 4) is 5.75 Å². The molecule has 2 rings (SSSR count). The van der Waals surface area contributed by atoms with Crippen LogP contribution in [0.2, 0.25) is 5.02 Å². The molecule has 0 saturated heterocycles. The van der Waals surface area contributed by atoms with Crippen LogP contribution < -0.4 is 15.4 Å². The summed E-state index contributed by atoms with van der Waals surface area (Å²) in [6.45, 7) is 5.62. The van der Waals surface area contributed by atoms with E-state index in [4.69, 9.17) is 16.3 Å². The number of nitrogens with one attached hydrogen (secondary N) is 2. The lowest BCUT2D eigenvalue weighted by molar-refractivity contribution is -0.118. The maximum absolute atomic E-state index is 12.7. The molecule has 0 aliphatic heterocycles. The molecule has 0 aliphatic carbocycles. The Bertz CT molecular complexity index is 805. The Hall–Kier alpha value is -2.53. The van der Waals surface area contributed by atoms with Gasteiger partial charge in [-0.3, -0.25) is 9.59 Å². The molecular formula is C20H23ClN2O3. The molecule has 0 aromatic heterocycles. The van der Waals surface area contributed by atoms with Gasteiger partial charge in [0, 0.05) is 11.3 Å². The van der Waals surface area contributed by atoms with Crippen molar-refractivity contribution in [1.82, 2.24) is 5.32 Å². The molecule has 0 aliphatic rings. The molecule has 5 nitrogen and oxygen atoms in total. The largest absolute Gasteiger partial charge is 0.495 e. The minimum atomic E-state index is -0.678. The molecule has 138 valence electrons. The third-order valence-electron chi connectivity index (χ3n) is 4.04. The molecule has 0 spiro atoms. The van der Waals surface area contributed by atoms with Crippen LogP contribution in [0.4, 0.5) is 5.69 Å². The first kappa shape index (κ1) is 19.8. The Morgan fingerprint density at radius 3 is 2.38 bits per heavy atom. The fraction of sp³-hybridized carbons (Fsp3) is 0.300. The van der Waals surface area contributed by atoms with Crippen LogP contribution in [0, 0.1) is 12.8 Å². The van der Waals surface area contributed by atoms with Gasteiger partial charge in [-0.25, -0.2) is 0 Å². The van der Waals surface area contributed by atoms with E-state index >= 15 is 0 Å². The first-order chi connectivity index (χ1) is 12.3. The van der Waals surface area contributed by atoms with E-state index in [2.05, 4.69) is 10.6 Å². The summed E-state index contributed by atoms with van der Waals surface area (Å²) in [6.07, 6.45) is 0. The Morgan fingerprint density at radius 2 is 1.81 bits per heavy atom. The monoisotopic (exact) mass is 374 g/mol. The number of hydrogen-bond acceptors (Lipinski definition) is 3. The number of anilines is 1. The van der Waals surface area contributed by atoms with Crippen LogP contribution in [-0.2, 0) is 4.79 Å². The van der Waals surface area contributed by atoms with Crippen LogP contribution in [-0.4, -0.2) is 25.0 Å². The molecule has 26 heavy (non-hydrogen) atoms. The Morgan fingerprint density at radius 1 is 1.12 bits per heavy atom. The number of methoxy groups -OCH3 is 1. The summed E-state index contributed by atoms with van der Waals surface area (Å²) in [5, 5.41) is 6.01. The third kappa shape index (κ3) is 4.76. The van der Waals surface area contributed by atoms with E-state index in [0.29, 0.717) is 22.0 Å². The van der Waals surface area contributed by atoms with Crippen LogP contribution in [0.25, 0.3) is 0 Å². The highest BCUT2D eigenvalue weighted by Crippen LogP contribution is 2.27. The van der Waals surface area contributed by atoms with Crippen molar-refractivity contribution in [2.75, 3.05) is 12.4 Å². The molecule has 0 heterocycles. The van der Waals surface area contributed by atoms with Crippen molar-refractivity contribution in [3.05, 3.63) is 58.6 Å². The van der Waals surface area contributed by atoms with Gasteiger partial charge in [-0.1, -0.05) is 43.6 Å². The van der Waals surface area contributed by atoms with Gasteiger partial charge >= 0.3 is 0 Å². The number of benzene rings is 2. The van der Waals surface area contributed by atoms with Gasteiger partial charge in [-0.15, -0.1) is 0 Å². The molecule has 2 aromatic rings. The van der Waals surface area contributed by atoms with Crippen LogP contribution >= 0.6 is 11.6 Å². The van der Waals surface area contributed by atoms with Crippen molar-refractivity contribution in [2.45, 2.75) is 26.8 Å². The Labute approximate surface area is 158 Å². The SMILES string of the molecule is COc1ccc(NC(=O)[C@@H](NC(=O)c2ccccc2C)C(C)C)cc1Cl. The average Bonchev–Trinajstić information content (AvgIpc) is 2.59. The Kier molecular flexibility index (Phi) is 6.64. The van der Waals surface area contributed by atoms with Gasteiger partial charge in [0.25, 0.3) is 5.91 Å². The molecule has 0 bridgehead atoms. The van der Waals surface area contributed by atoms with E-state index in [1.165, 1.54) is 7.11 Å². The fourth-order valence-electron chi connectivity index (χ4n) is 2.55. The second-order valence-electron chi connectivity index (χ2n) is 6.35. The first-order valence-electron chi connectivity index (χ1n) is 8.34. The molecule has 0 unspecified atom stereocenters. The van der Waals surface area contributed by atoms with Crippen molar-refractivity contribution >= 4 is 29.1 Å². The number of aryl methyl sites for hydroxylation is 1. The minimum Gasteiger partial charge on any atom is -0.495 e. The summed E-state index contributed by atoms with van der Waals surface area (Å²) in [6, 6.07) is 11.6. The number of carbonyl (C=O) groups excluding carboxylic acids is 2. The molecule has 2 aromatic carbocycles. The standard InChI is InChI=1S/C20H23ClN2O3/c1-12(2)18(23-19(24)15-8-6-5-7-13(15)3)20(25)22-14-9-10-17(26-4)16(21)11-14/h5-12,18H,1-4H3,(H,22,25)(H,23,24)/t18-/m0/s1. The number of ether oxygens (including phenoxy) is 1. The summed E-state index contributed by atoms with van der Waals surface area (Å²) in [7, 11) is 1.52. The highest BCUT2D eigenvalue weighted by Gasteiger charge is 2.25. The van der Waals surface area contributed by atoms with Gasteiger partial charge < -0.3 is 15.4 Å². The summed E-state index contributed by atoms with van der Waals surface area (Å²) in [4.78, 5) is 25.2. The molecule has 0 radical (unpaired) electrons. The highest BCUT2D eigenvalue weighted by atomic mass is 35.5. The van der Waals surface area contributed by atoms with Crippen LogP contribution in [0.1, 0.15) is 29.8 Å². The smallest absolute Gasteiger partial charge is 0.252 e. The van der Waals surface area contributed by atoms with Crippen LogP contribution in [0.5, 0.6) is 5.75 Å². The average molecular weight is 375 g/mol. The second-order valence-corrected chi connectivity index (χ2v) is 6.76. The zero-order chi connectivity index (χ0) is 19.3. The van der Waals surface area contributed by atoms with Gasteiger partial charge in [-0.05, 0) is 42.7 Å². The minimum absolute atomic E-state index is 0.0864. The third-order valence-corrected chi connectivity index (χ3v) is 4.34. The number of hydrogen-bond donors (Lipinski definition) is 2. The van der Waals surface area contributed by atoms with E-state index in [0.717, 1.165) is 5.56 Å². The highest BCUT2D eigenvalue weighted by molar-refractivity contribution is 6.32. The Balaban J connectivity index is 2.14. The summed E-state index contributed by atoms with van der Waals surface area (Å²) < 4.78 is 5.10. The van der Waals surface area contributed by atoms with Gasteiger partial charge in [0.05, 0.1) is 12.1 Å². The molecule has 0 fully saturated rings. The van der Waals surface area contributed by atoms with Crippen molar-refractivity contribution in [2.24, 2.45) is 5.92 Å². The lowest BCUT2D eigenvalue weighted by Gasteiger charge is -2.22. The van der Waals surface area contributed by atoms with E-state index in [1.807, 2.05) is 32.9 Å². The number of rotatable bonds is 6. The van der Waals surface area contributed by atoms with Crippen LogP contribution in [0.3, 0.4) is 0 Å². The molecular weight excluding hydrogens is 352 g/mol. The van der Waals surface area contributed by atoms with Gasteiger partial charge in [0.15, 0.2) is 0 Å². The van der Waals surface area contributed by atoms with E-state index in [9.17, 15) is 9.59 Å². The van der Waals surface area contributed by atoms with E-state index in [1.54, 1.807) is 30.3 Å². The number of carbonyl (C=O) groups is 2. The number of halogens is 1. The molecule has 2 N–H and O–H groups in total. The summed E-state index contributed by atoms with van der Waals surface area (Å²) in [5.74, 6) is -0.137. The number of amides is 2. The first-order valence-corrected chi connectivity index (χ1v) is 8.72. The van der Waals surface area contributed by atoms with Crippen molar-refractivity contribution < 1.29 is 14.3 Å². The molecule has 0 saturated carbocycles. The van der Waals surface area contributed by atoms with Crippen molar-refractivity contribution in [3.63, 3.8) is 0 Å². The summed E-state index contributed by atoms with van der Waals surface area (Å²) in [5.41, 5.74) is 1.95. The quantitative estimate of drug-likeness (QED) is 0.801. The second kappa shape index (κ2) is 8.72. The molecule has 1 atom stereocenters. The zero-order valence-electron chi connectivity index (χ0n) is 15.3. The van der Waals surface area contributed by atoms with Gasteiger partial charge in [-0.2, -0.15) is 0 Å². The molecule has 2 amide bonds. The lowest BCUT2D eigenvalue weighted by atomic mass is 10.0. The van der Waals surface area contributed by atoms with Gasteiger partial charge in [0.2, 0.25) is 5.91 Å². The molecule has 6 heteroatoms. The lowest BCUT2D eigenvalue weighted by Crippen LogP contribution is -2.47. The van der Waals surface area contributed by atoms with Crippen molar-refractivity contribution in [1.29, 1.82) is 0 Å². The van der Waals surface area contributed by atoms with Gasteiger partial charge in [0.1, 0.15) is 11.8 Å². The fourth-order valence-corrected chi connectivity index (χ4v) is 2.80. The topological polar surface area (TPSA) is 67.4 Å².